The molecular formula is C25H25N3O5. The van der Waals surface area contributed by atoms with Crippen LogP contribution in [0.15, 0.2) is 72.8 Å². The van der Waals surface area contributed by atoms with Gasteiger partial charge in [0.15, 0.2) is 11.5 Å². The maximum absolute atomic E-state index is 13.2. The Labute approximate surface area is 191 Å². The third kappa shape index (κ3) is 5.24. The van der Waals surface area contributed by atoms with Crippen LogP contribution in [0, 0.1) is 6.92 Å². The minimum atomic E-state index is -0.864. The summed E-state index contributed by atoms with van der Waals surface area (Å²) in [6.07, 6.45) is -0.858. The van der Waals surface area contributed by atoms with Crippen LogP contribution in [-0.2, 0) is 9.59 Å². The zero-order valence-electron chi connectivity index (χ0n) is 18.3. The molecule has 3 N–H and O–H groups in total. The summed E-state index contributed by atoms with van der Waals surface area (Å²) in [6, 6.07) is 20.9. The maximum atomic E-state index is 13.2. The number of nitrogens with one attached hydrogen (secondary N) is 3. The van der Waals surface area contributed by atoms with Gasteiger partial charge in [-0.3, -0.25) is 15.0 Å². The van der Waals surface area contributed by atoms with Crippen molar-refractivity contribution in [2.45, 2.75) is 19.1 Å². The Bertz CT molecular complexity index is 1140. The highest BCUT2D eigenvalue weighted by Crippen LogP contribution is 2.31. The fraction of sp³-hybridized carbons (Fsp3) is 0.200. The number of amides is 2. The summed E-state index contributed by atoms with van der Waals surface area (Å²) in [4.78, 5) is 25.9. The number of hydrogen-bond acceptors (Lipinski definition) is 6. The van der Waals surface area contributed by atoms with Gasteiger partial charge in [0.2, 0.25) is 12.0 Å². The van der Waals surface area contributed by atoms with Crippen molar-refractivity contribution in [2.24, 2.45) is 0 Å². The van der Waals surface area contributed by atoms with Crippen molar-refractivity contribution in [3.8, 4) is 17.2 Å². The molecule has 33 heavy (non-hydrogen) atoms. The number of fused-ring (bicyclic) bond motifs is 1. The number of para-hydroxylation sites is 2. The molecule has 4 rings (SSSR count). The summed E-state index contributed by atoms with van der Waals surface area (Å²) < 4.78 is 16.7. The van der Waals surface area contributed by atoms with Crippen molar-refractivity contribution in [3.05, 3.63) is 83.9 Å². The largest absolute Gasteiger partial charge is 0.495 e. The monoisotopic (exact) mass is 447 g/mol. The molecular weight excluding hydrogens is 422 g/mol. The van der Waals surface area contributed by atoms with Crippen LogP contribution in [-0.4, -0.2) is 31.6 Å². The lowest BCUT2D eigenvalue weighted by Crippen LogP contribution is -2.51. The van der Waals surface area contributed by atoms with E-state index < -0.39 is 18.1 Å². The van der Waals surface area contributed by atoms with E-state index in [-0.39, 0.29) is 12.5 Å². The van der Waals surface area contributed by atoms with Gasteiger partial charge in [0.1, 0.15) is 18.4 Å². The van der Waals surface area contributed by atoms with Gasteiger partial charge >= 0.3 is 0 Å². The predicted molar refractivity (Wildman–Crippen MR) is 123 cm³/mol. The molecule has 0 spiro atoms. The van der Waals surface area contributed by atoms with Crippen LogP contribution >= 0.6 is 0 Å². The molecule has 1 aliphatic rings. The van der Waals surface area contributed by atoms with Gasteiger partial charge in [0.25, 0.3) is 5.91 Å². The predicted octanol–water partition coefficient (Wildman–Crippen LogP) is 3.14. The first-order chi connectivity index (χ1) is 16.0. The normalized spacial score (nSPS) is 15.3. The number of anilines is 1. The van der Waals surface area contributed by atoms with Crippen molar-refractivity contribution in [3.63, 3.8) is 0 Å². The smallest absolute Gasteiger partial charge is 0.278 e. The number of carbonyl (C=O) groups is 2. The van der Waals surface area contributed by atoms with E-state index in [1.807, 2.05) is 43.3 Å². The molecule has 0 saturated heterocycles. The Hall–Kier alpha value is -4.04. The van der Waals surface area contributed by atoms with Crippen LogP contribution in [0.2, 0.25) is 0 Å². The summed E-state index contributed by atoms with van der Waals surface area (Å²) >= 11 is 0. The number of aryl methyl sites for hydroxylation is 1. The quantitative estimate of drug-likeness (QED) is 0.482. The van der Waals surface area contributed by atoms with Crippen LogP contribution in [0.5, 0.6) is 17.2 Å². The Morgan fingerprint density at radius 1 is 1.00 bits per heavy atom. The fourth-order valence-electron chi connectivity index (χ4n) is 3.44. The first-order valence-electron chi connectivity index (χ1n) is 10.5. The van der Waals surface area contributed by atoms with E-state index in [2.05, 4.69) is 16.2 Å². The first kappa shape index (κ1) is 22.2. The Balaban J connectivity index is 1.47. The lowest BCUT2D eigenvalue weighted by atomic mass is 10.1. The van der Waals surface area contributed by atoms with E-state index in [0.717, 1.165) is 5.56 Å². The molecule has 1 heterocycles. The highest BCUT2D eigenvalue weighted by molar-refractivity contribution is 5.97. The number of carbonyl (C=O) groups excluding carboxylic acids is 2. The molecule has 3 aromatic rings. The van der Waals surface area contributed by atoms with Crippen molar-refractivity contribution in [2.75, 3.05) is 19.0 Å². The van der Waals surface area contributed by atoms with Gasteiger partial charge in [0.05, 0.1) is 12.8 Å². The third-order valence-corrected chi connectivity index (χ3v) is 5.15. The lowest BCUT2D eigenvalue weighted by Gasteiger charge is -2.26. The zero-order chi connectivity index (χ0) is 23.2. The van der Waals surface area contributed by atoms with Crippen molar-refractivity contribution >= 4 is 17.5 Å². The van der Waals surface area contributed by atoms with E-state index >= 15 is 0 Å². The van der Waals surface area contributed by atoms with Gasteiger partial charge in [-0.15, -0.1) is 0 Å². The van der Waals surface area contributed by atoms with Crippen LogP contribution in [0.25, 0.3) is 0 Å². The minimum Gasteiger partial charge on any atom is -0.495 e. The Morgan fingerprint density at radius 3 is 2.48 bits per heavy atom. The van der Waals surface area contributed by atoms with Crippen molar-refractivity contribution in [1.29, 1.82) is 0 Å². The van der Waals surface area contributed by atoms with Crippen LogP contribution in [0.3, 0.4) is 0 Å². The first-order valence-corrected chi connectivity index (χ1v) is 10.5. The number of ether oxygens (including phenoxy) is 3. The molecule has 2 amide bonds. The average molecular weight is 447 g/mol. The number of rotatable bonds is 7. The SMILES string of the molecule is COc1ccc(C)cc1NC(=O)[C@@H](NNC(=O)[C@H]1COc2ccccc2O1)c1ccccc1. The van der Waals surface area contributed by atoms with Gasteiger partial charge in [-0.2, -0.15) is 0 Å². The third-order valence-electron chi connectivity index (χ3n) is 5.15. The standard InChI is InChI=1S/C25H25N3O5/c1-16-12-13-19(31-2)18(14-16)26-25(30)23(17-8-4-3-5-9-17)27-28-24(29)22-15-32-20-10-6-7-11-21(20)33-22/h3-14,22-23,27H,15H2,1-2H3,(H,26,30)(H,28,29)/t22-,23+/m1/s1. The molecule has 0 saturated carbocycles. The summed E-state index contributed by atoms with van der Waals surface area (Å²) in [5.41, 5.74) is 7.63. The number of hydrogen-bond donors (Lipinski definition) is 3. The molecule has 0 unspecified atom stereocenters. The Morgan fingerprint density at radius 2 is 1.73 bits per heavy atom. The van der Waals surface area contributed by atoms with E-state index in [1.165, 1.54) is 7.11 Å². The van der Waals surface area contributed by atoms with Gasteiger partial charge in [-0.25, -0.2) is 5.43 Å². The van der Waals surface area contributed by atoms with Gasteiger partial charge in [0, 0.05) is 0 Å². The van der Waals surface area contributed by atoms with Crippen molar-refractivity contribution < 1.29 is 23.8 Å². The Kier molecular flexibility index (Phi) is 6.75. The molecule has 1 aliphatic heterocycles. The maximum Gasteiger partial charge on any atom is 0.278 e. The lowest BCUT2D eigenvalue weighted by molar-refractivity contribution is -0.132. The molecule has 8 nitrogen and oxygen atoms in total. The highest BCUT2D eigenvalue weighted by Gasteiger charge is 2.29. The summed E-state index contributed by atoms with van der Waals surface area (Å²) in [6.45, 7) is 1.99. The van der Waals surface area contributed by atoms with Gasteiger partial charge in [-0.05, 0) is 42.3 Å². The van der Waals surface area contributed by atoms with Crippen molar-refractivity contribution in [1.82, 2.24) is 10.9 Å². The van der Waals surface area contributed by atoms with Crippen LogP contribution in [0.4, 0.5) is 5.69 Å². The van der Waals surface area contributed by atoms with Crippen LogP contribution in [0.1, 0.15) is 17.2 Å². The van der Waals surface area contributed by atoms with Gasteiger partial charge < -0.3 is 19.5 Å². The molecule has 0 fully saturated rings. The minimum absolute atomic E-state index is 0.0627. The molecule has 0 aromatic heterocycles. The summed E-state index contributed by atoms with van der Waals surface area (Å²) in [7, 11) is 1.54. The molecule has 0 bridgehead atoms. The number of methoxy groups -OCH3 is 1. The van der Waals surface area contributed by atoms with E-state index in [0.29, 0.717) is 28.5 Å². The second-order valence-electron chi connectivity index (χ2n) is 7.53. The molecule has 0 aliphatic carbocycles. The molecule has 8 heteroatoms. The van der Waals surface area contributed by atoms with Crippen LogP contribution < -0.4 is 30.4 Å². The average Bonchev–Trinajstić information content (AvgIpc) is 2.84. The van der Waals surface area contributed by atoms with E-state index in [1.54, 1.807) is 36.4 Å². The molecule has 0 radical (unpaired) electrons. The number of hydrazine groups is 1. The van der Waals surface area contributed by atoms with Gasteiger partial charge in [-0.1, -0.05) is 48.5 Å². The highest BCUT2D eigenvalue weighted by atomic mass is 16.6. The molecule has 170 valence electrons. The molecule has 3 aromatic carbocycles. The van der Waals surface area contributed by atoms with E-state index in [9.17, 15) is 9.59 Å². The summed E-state index contributed by atoms with van der Waals surface area (Å²) in [5, 5.41) is 2.88. The van der Waals surface area contributed by atoms with E-state index in [4.69, 9.17) is 14.2 Å². The second-order valence-corrected chi connectivity index (χ2v) is 7.53. The summed E-state index contributed by atoms with van der Waals surface area (Å²) in [5.74, 6) is 0.801. The molecule has 2 atom stereocenters. The number of benzene rings is 3. The topological polar surface area (TPSA) is 97.9 Å². The second kappa shape index (κ2) is 10.1. The zero-order valence-corrected chi connectivity index (χ0v) is 18.3. The fourth-order valence-corrected chi connectivity index (χ4v) is 3.44.